The highest BCUT2D eigenvalue weighted by atomic mass is 35.5. The van der Waals surface area contributed by atoms with Crippen LogP contribution in [0.4, 0.5) is 5.95 Å². The molecule has 216 valence electrons. The molecule has 2 aliphatic rings. The zero-order valence-electron chi connectivity index (χ0n) is 23.5. The summed E-state index contributed by atoms with van der Waals surface area (Å²) in [5, 5.41) is 9.44. The number of sulfonamides is 1. The third kappa shape index (κ3) is 7.91. The monoisotopic (exact) mass is 603 g/mol. The van der Waals surface area contributed by atoms with Gasteiger partial charge in [-0.15, -0.1) is 0 Å². The van der Waals surface area contributed by atoms with Gasteiger partial charge in [0.05, 0.1) is 39.0 Å². The van der Waals surface area contributed by atoms with Crippen molar-refractivity contribution in [2.75, 3.05) is 30.8 Å². The summed E-state index contributed by atoms with van der Waals surface area (Å²) in [6, 6.07) is 13.7. The topological polar surface area (TPSA) is 93.1 Å². The quantitative estimate of drug-likeness (QED) is 0.322. The van der Waals surface area contributed by atoms with Gasteiger partial charge in [-0.1, -0.05) is 61.5 Å². The van der Waals surface area contributed by atoms with Crippen LogP contribution in [0.25, 0.3) is 11.0 Å². The zero-order chi connectivity index (χ0) is 28.9. The number of nitrogens with one attached hydrogen (secondary N) is 1. The van der Waals surface area contributed by atoms with E-state index in [2.05, 4.69) is 22.9 Å². The largest absolute Gasteiger partial charge is 0.339 e. The molecule has 0 bridgehead atoms. The van der Waals surface area contributed by atoms with Gasteiger partial charge >= 0.3 is 0 Å². The van der Waals surface area contributed by atoms with Crippen LogP contribution >= 0.6 is 23.2 Å². The Bertz CT molecular complexity index is 1410. The number of halogens is 2. The Labute approximate surface area is 248 Å². The summed E-state index contributed by atoms with van der Waals surface area (Å²) in [6.45, 7) is 6.35. The molecular formula is C30H39Cl2N5O2S. The maximum atomic E-state index is 11.9. The van der Waals surface area contributed by atoms with Crippen LogP contribution in [0.1, 0.15) is 63.0 Å². The highest BCUT2D eigenvalue weighted by molar-refractivity contribution is 7.88. The van der Waals surface area contributed by atoms with Crippen molar-refractivity contribution in [3.8, 4) is 6.07 Å². The summed E-state index contributed by atoms with van der Waals surface area (Å²) in [4.78, 5) is 10.8. The number of aryl methyl sites for hydroxylation is 1. The first-order valence-electron chi connectivity index (χ1n) is 14.1. The molecule has 0 spiro atoms. The number of anilines is 1. The Balaban J connectivity index is 0.000000350. The number of fused-ring (bicyclic) bond motifs is 1. The van der Waals surface area contributed by atoms with Gasteiger partial charge in [0.1, 0.15) is 0 Å². The molecule has 40 heavy (non-hydrogen) atoms. The van der Waals surface area contributed by atoms with E-state index >= 15 is 0 Å². The van der Waals surface area contributed by atoms with Gasteiger partial charge in [-0.2, -0.15) is 5.26 Å². The molecule has 1 N–H and O–H groups in total. The minimum absolute atomic E-state index is 0.443. The van der Waals surface area contributed by atoms with E-state index in [1.165, 1.54) is 31.9 Å². The van der Waals surface area contributed by atoms with Crippen LogP contribution in [0.2, 0.25) is 10.0 Å². The molecular weight excluding hydrogens is 565 g/mol. The fourth-order valence-corrected chi connectivity index (χ4v) is 7.06. The van der Waals surface area contributed by atoms with E-state index in [1.54, 1.807) is 10.4 Å². The van der Waals surface area contributed by atoms with Gasteiger partial charge in [0, 0.05) is 25.7 Å². The van der Waals surface area contributed by atoms with Crippen molar-refractivity contribution in [2.45, 2.75) is 64.8 Å². The van der Waals surface area contributed by atoms with Crippen molar-refractivity contribution in [3.63, 3.8) is 0 Å². The number of hydrogen-bond acceptors (Lipinski definition) is 5. The van der Waals surface area contributed by atoms with Crippen LogP contribution in [0, 0.1) is 30.1 Å². The van der Waals surface area contributed by atoms with Gasteiger partial charge < -0.3 is 9.88 Å². The molecule has 2 heterocycles. The average Bonchev–Trinajstić information content (AvgIpc) is 3.34. The van der Waals surface area contributed by atoms with Crippen LogP contribution < -0.4 is 4.90 Å². The van der Waals surface area contributed by atoms with E-state index in [-0.39, 0.29) is 0 Å². The molecule has 2 aromatic carbocycles. The van der Waals surface area contributed by atoms with Gasteiger partial charge in [0.15, 0.2) is 0 Å². The number of imidazole rings is 1. The third-order valence-corrected chi connectivity index (χ3v) is 10.2. The Kier molecular flexibility index (Phi) is 10.4. The standard InChI is InChI=1S/C22H32Cl2N4O2S.C8H7N/c1-3-15-5-4-6-17(11-15)28(14-16-7-9-27(10-8-16)31(2,29)30)22-25-20-12-18(23)19(24)13-21(20)26-22;1-7-3-2-4-8(5-7)6-9/h12-13,15-17H,3-11,14H2,1-2H3,(H,25,26);2-5H,1H3. The molecule has 1 saturated carbocycles. The first-order chi connectivity index (χ1) is 19.1. The second kappa shape index (κ2) is 13.6. The van der Waals surface area contributed by atoms with E-state index in [4.69, 9.17) is 33.4 Å². The maximum Gasteiger partial charge on any atom is 0.211 e. The Morgan fingerprint density at radius 3 is 2.45 bits per heavy atom. The number of aromatic nitrogens is 2. The number of nitriles is 1. The van der Waals surface area contributed by atoms with Crippen LogP contribution in [0.5, 0.6) is 0 Å². The second-order valence-electron chi connectivity index (χ2n) is 11.2. The lowest BCUT2D eigenvalue weighted by Crippen LogP contribution is -2.45. The van der Waals surface area contributed by atoms with Crippen LogP contribution in [-0.4, -0.2) is 54.6 Å². The van der Waals surface area contributed by atoms with E-state index < -0.39 is 10.0 Å². The van der Waals surface area contributed by atoms with Gasteiger partial charge in [0.25, 0.3) is 0 Å². The molecule has 1 saturated heterocycles. The van der Waals surface area contributed by atoms with Crippen molar-refractivity contribution in [1.82, 2.24) is 14.3 Å². The highest BCUT2D eigenvalue weighted by Gasteiger charge is 2.32. The fraction of sp³-hybridized carbons (Fsp3) is 0.533. The van der Waals surface area contributed by atoms with Crippen molar-refractivity contribution >= 4 is 50.2 Å². The lowest BCUT2D eigenvalue weighted by Gasteiger charge is -2.40. The first kappa shape index (κ1) is 30.6. The Morgan fingerprint density at radius 2 is 1.82 bits per heavy atom. The predicted octanol–water partition coefficient (Wildman–Crippen LogP) is 7.18. The summed E-state index contributed by atoms with van der Waals surface area (Å²) in [7, 11) is -3.11. The molecule has 3 aromatic rings. The molecule has 5 rings (SSSR count). The second-order valence-corrected chi connectivity index (χ2v) is 14.0. The minimum Gasteiger partial charge on any atom is -0.339 e. The Hall–Kier alpha value is -2.31. The maximum absolute atomic E-state index is 11.9. The molecule has 0 amide bonds. The molecule has 1 aromatic heterocycles. The summed E-state index contributed by atoms with van der Waals surface area (Å²) in [5.74, 6) is 2.07. The first-order valence-corrected chi connectivity index (χ1v) is 16.7. The predicted molar refractivity (Wildman–Crippen MR) is 165 cm³/mol. The van der Waals surface area contributed by atoms with Gasteiger partial charge in [0.2, 0.25) is 16.0 Å². The molecule has 1 aliphatic heterocycles. The third-order valence-electron chi connectivity index (χ3n) is 8.20. The van der Waals surface area contributed by atoms with Crippen LogP contribution in [0.15, 0.2) is 36.4 Å². The number of piperidine rings is 1. The summed E-state index contributed by atoms with van der Waals surface area (Å²) in [6.07, 6.45) is 9.16. The van der Waals surface area contributed by atoms with Gasteiger partial charge in [-0.05, 0) is 74.3 Å². The van der Waals surface area contributed by atoms with Crippen LogP contribution in [0.3, 0.4) is 0 Å². The van der Waals surface area contributed by atoms with E-state index in [1.807, 2.05) is 37.3 Å². The van der Waals surface area contributed by atoms with Crippen molar-refractivity contribution in [1.29, 1.82) is 5.26 Å². The number of rotatable bonds is 6. The van der Waals surface area contributed by atoms with Gasteiger partial charge in [-0.25, -0.2) is 17.7 Å². The summed E-state index contributed by atoms with van der Waals surface area (Å²) in [5.41, 5.74) is 3.58. The minimum atomic E-state index is -3.11. The molecule has 2 atom stereocenters. The molecule has 10 heteroatoms. The molecule has 2 unspecified atom stereocenters. The van der Waals surface area contributed by atoms with E-state index in [9.17, 15) is 8.42 Å². The van der Waals surface area contributed by atoms with E-state index in [0.717, 1.165) is 59.8 Å². The molecule has 0 radical (unpaired) electrons. The van der Waals surface area contributed by atoms with Crippen molar-refractivity contribution < 1.29 is 8.42 Å². The number of nitrogens with zero attached hydrogens (tertiary/aromatic N) is 4. The summed E-state index contributed by atoms with van der Waals surface area (Å²) < 4.78 is 25.4. The molecule has 7 nitrogen and oxygen atoms in total. The number of benzene rings is 2. The Morgan fingerprint density at radius 1 is 1.10 bits per heavy atom. The van der Waals surface area contributed by atoms with Crippen molar-refractivity contribution in [2.24, 2.45) is 11.8 Å². The number of aromatic amines is 1. The van der Waals surface area contributed by atoms with Crippen LogP contribution in [-0.2, 0) is 10.0 Å². The normalized spacial score (nSPS) is 20.5. The SMILES string of the molecule is CCC1CCCC(N(CC2CCN(S(C)(=O)=O)CC2)c2nc3cc(Cl)c(Cl)cc3[nH]2)C1.Cc1cccc(C#N)c1. The number of H-pyrrole nitrogens is 1. The fourth-order valence-electron chi connectivity index (χ4n) is 5.87. The number of hydrogen-bond donors (Lipinski definition) is 1. The lowest BCUT2D eigenvalue weighted by atomic mass is 9.83. The van der Waals surface area contributed by atoms with E-state index in [0.29, 0.717) is 35.1 Å². The van der Waals surface area contributed by atoms with Gasteiger partial charge in [-0.3, -0.25) is 0 Å². The zero-order valence-corrected chi connectivity index (χ0v) is 25.9. The lowest BCUT2D eigenvalue weighted by molar-refractivity contribution is 0.254. The average molecular weight is 605 g/mol. The molecule has 2 fully saturated rings. The van der Waals surface area contributed by atoms with Crippen molar-refractivity contribution in [3.05, 3.63) is 57.6 Å². The summed E-state index contributed by atoms with van der Waals surface area (Å²) >= 11 is 12.4. The smallest absolute Gasteiger partial charge is 0.211 e. The highest BCUT2D eigenvalue weighted by Crippen LogP contribution is 2.35. The molecule has 1 aliphatic carbocycles.